The van der Waals surface area contributed by atoms with E-state index < -0.39 is 0 Å². The minimum atomic E-state index is -0.269. The molecule has 2 rings (SSSR count). The molecule has 2 aromatic rings. The molecule has 0 aliphatic rings. The van der Waals surface area contributed by atoms with Gasteiger partial charge < -0.3 is 10.6 Å². The Balaban J connectivity index is 2.06. The Bertz CT molecular complexity index is 628. The van der Waals surface area contributed by atoms with Crippen LogP contribution in [0.2, 0.25) is 0 Å². The minimum absolute atomic E-state index is 0.269. The first-order valence-electron chi connectivity index (χ1n) is 6.73. The lowest BCUT2D eigenvalue weighted by Crippen LogP contribution is -2.15. The number of nitrogens with zero attached hydrogens (tertiary/aromatic N) is 2. The van der Waals surface area contributed by atoms with E-state index in [0.29, 0.717) is 11.5 Å². The van der Waals surface area contributed by atoms with Gasteiger partial charge in [-0.15, -0.1) is 0 Å². The highest BCUT2D eigenvalue weighted by Crippen LogP contribution is 2.17. The number of rotatable bonds is 5. The molecule has 0 aliphatic heterocycles. The molecule has 0 fully saturated rings. The third kappa shape index (κ3) is 4.26. The molecular formula is C15H17BrN4O. The first-order chi connectivity index (χ1) is 10.1. The van der Waals surface area contributed by atoms with E-state index in [1.807, 2.05) is 19.1 Å². The summed E-state index contributed by atoms with van der Waals surface area (Å²) in [5.41, 5.74) is 2.16. The lowest BCUT2D eigenvalue weighted by Gasteiger charge is -2.08. The van der Waals surface area contributed by atoms with Crippen LogP contribution in [0.4, 0.5) is 11.5 Å². The average molecular weight is 349 g/mol. The Hall–Kier alpha value is -1.95. The molecule has 2 N–H and O–H groups in total. The van der Waals surface area contributed by atoms with Gasteiger partial charge in [0.15, 0.2) is 0 Å². The van der Waals surface area contributed by atoms with Crippen LogP contribution in [-0.2, 0) is 0 Å². The molecule has 0 saturated heterocycles. The van der Waals surface area contributed by atoms with Gasteiger partial charge in [-0.05, 0) is 53.0 Å². The topological polar surface area (TPSA) is 66.9 Å². The van der Waals surface area contributed by atoms with Gasteiger partial charge in [-0.1, -0.05) is 6.92 Å². The molecule has 21 heavy (non-hydrogen) atoms. The van der Waals surface area contributed by atoms with Crippen molar-refractivity contribution in [1.82, 2.24) is 9.97 Å². The van der Waals surface area contributed by atoms with E-state index in [1.165, 1.54) is 0 Å². The van der Waals surface area contributed by atoms with E-state index in [-0.39, 0.29) is 5.91 Å². The van der Waals surface area contributed by atoms with E-state index in [0.717, 1.165) is 28.7 Å². The van der Waals surface area contributed by atoms with Gasteiger partial charge in [-0.2, -0.15) is 0 Å². The maximum atomic E-state index is 12.1. The number of pyridine rings is 2. The molecule has 110 valence electrons. The maximum absolute atomic E-state index is 12.1. The van der Waals surface area contributed by atoms with Crippen LogP contribution in [0.5, 0.6) is 0 Å². The standard InChI is InChI=1S/C15H17BrN4O/c1-3-6-17-12-4-5-13(18-9-12)15(21)20-14-10(2)7-11(16)8-19-14/h4-5,7-9,17H,3,6H2,1-2H3,(H,19,20,21). The summed E-state index contributed by atoms with van der Waals surface area (Å²) < 4.78 is 0.877. The summed E-state index contributed by atoms with van der Waals surface area (Å²) in [6.45, 7) is 4.86. The first-order valence-corrected chi connectivity index (χ1v) is 7.53. The van der Waals surface area contributed by atoms with Gasteiger partial charge in [0.2, 0.25) is 0 Å². The average Bonchev–Trinajstić information content (AvgIpc) is 2.48. The van der Waals surface area contributed by atoms with Crippen LogP contribution in [0.1, 0.15) is 29.4 Å². The highest BCUT2D eigenvalue weighted by molar-refractivity contribution is 9.10. The van der Waals surface area contributed by atoms with Crippen molar-refractivity contribution in [3.05, 3.63) is 46.3 Å². The number of aromatic nitrogens is 2. The van der Waals surface area contributed by atoms with Crippen molar-refractivity contribution < 1.29 is 4.79 Å². The van der Waals surface area contributed by atoms with E-state index in [1.54, 1.807) is 18.5 Å². The predicted molar refractivity (Wildman–Crippen MR) is 87.6 cm³/mol. The van der Waals surface area contributed by atoms with Crippen molar-refractivity contribution in [1.29, 1.82) is 0 Å². The van der Waals surface area contributed by atoms with Crippen LogP contribution in [-0.4, -0.2) is 22.4 Å². The highest BCUT2D eigenvalue weighted by Gasteiger charge is 2.10. The van der Waals surface area contributed by atoms with E-state index in [2.05, 4.69) is 43.5 Å². The SMILES string of the molecule is CCCNc1ccc(C(=O)Nc2ncc(Br)cc2C)nc1. The fraction of sp³-hybridized carbons (Fsp3) is 0.267. The van der Waals surface area contributed by atoms with Gasteiger partial charge in [0.05, 0.1) is 11.9 Å². The zero-order valence-electron chi connectivity index (χ0n) is 12.0. The fourth-order valence-electron chi connectivity index (χ4n) is 1.75. The zero-order chi connectivity index (χ0) is 15.2. The second-order valence-corrected chi connectivity index (χ2v) is 5.55. The summed E-state index contributed by atoms with van der Waals surface area (Å²) in [5, 5.41) is 5.98. The molecule has 0 bridgehead atoms. The highest BCUT2D eigenvalue weighted by atomic mass is 79.9. The molecule has 0 spiro atoms. The monoisotopic (exact) mass is 348 g/mol. The normalized spacial score (nSPS) is 10.2. The number of aryl methyl sites for hydroxylation is 1. The summed E-state index contributed by atoms with van der Waals surface area (Å²) in [6.07, 6.45) is 4.34. The quantitative estimate of drug-likeness (QED) is 0.865. The molecule has 2 aromatic heterocycles. The number of carbonyl (C=O) groups is 1. The summed E-state index contributed by atoms with van der Waals surface area (Å²) in [5.74, 6) is 0.271. The molecule has 1 amide bonds. The van der Waals surface area contributed by atoms with Gasteiger partial charge in [-0.3, -0.25) is 4.79 Å². The van der Waals surface area contributed by atoms with Crippen LogP contribution in [0, 0.1) is 6.92 Å². The lowest BCUT2D eigenvalue weighted by molar-refractivity contribution is 0.102. The Morgan fingerprint density at radius 1 is 1.29 bits per heavy atom. The number of carbonyl (C=O) groups excluding carboxylic acids is 1. The van der Waals surface area contributed by atoms with Gasteiger partial charge in [0, 0.05) is 17.2 Å². The van der Waals surface area contributed by atoms with Crippen molar-refractivity contribution >= 4 is 33.3 Å². The number of hydrogen-bond acceptors (Lipinski definition) is 4. The van der Waals surface area contributed by atoms with E-state index in [4.69, 9.17) is 0 Å². The van der Waals surface area contributed by atoms with E-state index >= 15 is 0 Å². The van der Waals surface area contributed by atoms with Gasteiger partial charge in [0.25, 0.3) is 5.91 Å². The summed E-state index contributed by atoms with van der Waals surface area (Å²) >= 11 is 3.34. The third-order valence-corrected chi connectivity index (χ3v) is 3.29. The van der Waals surface area contributed by atoms with Crippen LogP contribution in [0.25, 0.3) is 0 Å². The van der Waals surface area contributed by atoms with Crippen molar-refractivity contribution in [2.75, 3.05) is 17.2 Å². The Morgan fingerprint density at radius 3 is 2.71 bits per heavy atom. The van der Waals surface area contributed by atoms with Gasteiger partial charge in [0.1, 0.15) is 11.5 Å². The predicted octanol–water partition coefficient (Wildman–Crippen LogP) is 3.62. The maximum Gasteiger partial charge on any atom is 0.275 e. The van der Waals surface area contributed by atoms with Gasteiger partial charge in [-0.25, -0.2) is 9.97 Å². The number of anilines is 2. The number of amides is 1. The van der Waals surface area contributed by atoms with Crippen LogP contribution in [0.3, 0.4) is 0 Å². The van der Waals surface area contributed by atoms with Crippen LogP contribution >= 0.6 is 15.9 Å². The smallest absolute Gasteiger partial charge is 0.275 e. The number of nitrogens with one attached hydrogen (secondary N) is 2. The molecule has 0 saturated carbocycles. The molecule has 0 aliphatic carbocycles. The second-order valence-electron chi connectivity index (χ2n) is 4.63. The molecule has 6 heteroatoms. The first kappa shape index (κ1) is 15.4. The molecule has 0 radical (unpaired) electrons. The molecule has 0 unspecified atom stereocenters. The third-order valence-electron chi connectivity index (χ3n) is 2.85. The summed E-state index contributed by atoms with van der Waals surface area (Å²) in [6, 6.07) is 5.44. The number of hydrogen-bond donors (Lipinski definition) is 2. The van der Waals surface area contributed by atoms with Gasteiger partial charge >= 0.3 is 0 Å². The molecule has 5 nitrogen and oxygen atoms in total. The second kappa shape index (κ2) is 7.17. The van der Waals surface area contributed by atoms with Crippen LogP contribution < -0.4 is 10.6 Å². The Kier molecular flexibility index (Phi) is 5.27. The molecule has 0 aromatic carbocycles. The van der Waals surface area contributed by atoms with Crippen molar-refractivity contribution in [3.63, 3.8) is 0 Å². The van der Waals surface area contributed by atoms with Crippen molar-refractivity contribution in [3.8, 4) is 0 Å². The largest absolute Gasteiger partial charge is 0.384 e. The number of halogens is 1. The molecule has 0 atom stereocenters. The zero-order valence-corrected chi connectivity index (χ0v) is 13.6. The van der Waals surface area contributed by atoms with Crippen molar-refractivity contribution in [2.45, 2.75) is 20.3 Å². The fourth-order valence-corrected chi connectivity index (χ4v) is 2.19. The summed E-state index contributed by atoms with van der Waals surface area (Å²) in [7, 11) is 0. The Labute approximate surface area is 132 Å². The van der Waals surface area contributed by atoms with Crippen molar-refractivity contribution in [2.24, 2.45) is 0 Å². The summed E-state index contributed by atoms with van der Waals surface area (Å²) in [4.78, 5) is 20.5. The van der Waals surface area contributed by atoms with E-state index in [9.17, 15) is 4.79 Å². The molecular weight excluding hydrogens is 332 g/mol. The lowest BCUT2D eigenvalue weighted by atomic mass is 10.2. The Morgan fingerprint density at radius 2 is 2.10 bits per heavy atom. The van der Waals surface area contributed by atoms with Crippen LogP contribution in [0.15, 0.2) is 35.1 Å². The molecule has 2 heterocycles. The minimum Gasteiger partial charge on any atom is -0.384 e.